The van der Waals surface area contributed by atoms with Gasteiger partial charge < -0.3 is 9.47 Å². The Morgan fingerprint density at radius 2 is 1.74 bits per heavy atom. The summed E-state index contributed by atoms with van der Waals surface area (Å²) < 4.78 is 13.7. The third kappa shape index (κ3) is 7.25. The number of hydrogen-bond donors (Lipinski definition) is 0. The third-order valence-corrected chi connectivity index (χ3v) is 8.31. The van der Waals surface area contributed by atoms with Crippen LogP contribution in [0.25, 0.3) is 16.7 Å². The van der Waals surface area contributed by atoms with Gasteiger partial charge in [-0.1, -0.05) is 24.6 Å². The average Bonchev–Trinajstić information content (AvgIpc) is 3.44. The van der Waals surface area contributed by atoms with Crippen LogP contribution in [-0.4, -0.2) is 57.7 Å². The zero-order valence-corrected chi connectivity index (χ0v) is 27.5. The minimum absolute atomic E-state index is 0.188. The summed E-state index contributed by atoms with van der Waals surface area (Å²) in [5.41, 5.74) is 8.45. The van der Waals surface area contributed by atoms with Crippen LogP contribution in [0.3, 0.4) is 0 Å². The lowest BCUT2D eigenvalue weighted by Crippen LogP contribution is -2.19. The SMILES string of the molecule is COC(=O)CCC(C)/C(C(=O)OC)=C(/C)c1c(C)ccc(Cl)c1-c1c(CN(C)Cc2cc(CCl)n(C)n2)nn(C)c1C. The molecule has 0 aliphatic carbocycles. The lowest BCUT2D eigenvalue weighted by atomic mass is 9.84. The molecule has 11 heteroatoms. The number of esters is 2. The molecule has 3 aromatic rings. The zero-order valence-electron chi connectivity index (χ0n) is 26.0. The van der Waals surface area contributed by atoms with Crippen LogP contribution in [0, 0.1) is 19.8 Å². The molecule has 2 heterocycles. The first-order valence-corrected chi connectivity index (χ1v) is 14.7. The van der Waals surface area contributed by atoms with Crippen molar-refractivity contribution in [3.8, 4) is 11.1 Å². The summed E-state index contributed by atoms with van der Waals surface area (Å²) in [6.07, 6.45) is 0.623. The number of alkyl halides is 1. The topological polar surface area (TPSA) is 91.5 Å². The second-order valence-electron chi connectivity index (χ2n) is 10.7. The monoisotopic (exact) mass is 617 g/mol. The van der Waals surface area contributed by atoms with Gasteiger partial charge >= 0.3 is 11.9 Å². The first-order valence-electron chi connectivity index (χ1n) is 13.8. The molecule has 1 aromatic carbocycles. The maximum atomic E-state index is 13.2. The number of nitrogens with zero attached hydrogens (tertiary/aromatic N) is 5. The molecule has 1 atom stereocenters. The Morgan fingerprint density at radius 3 is 2.33 bits per heavy atom. The molecule has 228 valence electrons. The zero-order chi connectivity index (χ0) is 31.3. The van der Waals surface area contributed by atoms with Crippen LogP contribution in [0.2, 0.25) is 5.02 Å². The van der Waals surface area contributed by atoms with Crippen molar-refractivity contribution in [2.24, 2.45) is 20.0 Å². The molecule has 9 nitrogen and oxygen atoms in total. The van der Waals surface area contributed by atoms with E-state index in [9.17, 15) is 9.59 Å². The Labute approximate surface area is 258 Å². The summed E-state index contributed by atoms with van der Waals surface area (Å²) in [5.74, 6) is -0.635. The van der Waals surface area contributed by atoms with E-state index in [1.807, 2.05) is 71.7 Å². The molecule has 0 aliphatic heterocycles. The minimum Gasteiger partial charge on any atom is -0.469 e. The number of methoxy groups -OCH3 is 2. The van der Waals surface area contributed by atoms with Crippen molar-refractivity contribution in [2.45, 2.75) is 59.5 Å². The van der Waals surface area contributed by atoms with Gasteiger partial charge in [0.15, 0.2) is 0 Å². The van der Waals surface area contributed by atoms with Crippen LogP contribution >= 0.6 is 23.2 Å². The molecule has 0 fully saturated rings. The smallest absolute Gasteiger partial charge is 0.334 e. The van der Waals surface area contributed by atoms with Crippen LogP contribution in [0.1, 0.15) is 60.6 Å². The predicted molar refractivity (Wildman–Crippen MR) is 166 cm³/mol. The molecular weight excluding hydrogens is 577 g/mol. The standard InChI is InChI=1S/C31H41Cl2N5O4/c1-18-10-12-24(33)30(27(18)20(3)28(31(40)42-9)19(2)11-13-26(39)41-8)29-21(4)37(6)35-25(29)17-36(5)16-22-14-23(15-32)38(7)34-22/h10,12,14,19H,11,13,15-17H2,1-9H3/b28-20+. The summed E-state index contributed by atoms with van der Waals surface area (Å²) in [6.45, 7) is 8.99. The molecular formula is C31H41Cl2N5O4. The Balaban J connectivity index is 2.15. The maximum absolute atomic E-state index is 13.2. The number of carbonyl (C=O) groups is 2. The molecule has 0 saturated carbocycles. The van der Waals surface area contributed by atoms with E-state index in [1.165, 1.54) is 14.2 Å². The molecule has 2 aromatic heterocycles. The third-order valence-electron chi connectivity index (χ3n) is 7.72. The average molecular weight is 619 g/mol. The quantitative estimate of drug-likeness (QED) is 0.140. The second kappa shape index (κ2) is 14.4. The van der Waals surface area contributed by atoms with E-state index in [2.05, 4.69) is 10.00 Å². The summed E-state index contributed by atoms with van der Waals surface area (Å²) in [5, 5.41) is 10.0. The van der Waals surface area contributed by atoms with Crippen molar-refractivity contribution in [3.05, 3.63) is 62.7 Å². The molecule has 0 saturated heterocycles. The summed E-state index contributed by atoms with van der Waals surface area (Å²) >= 11 is 13.0. The summed E-state index contributed by atoms with van der Waals surface area (Å²) in [7, 11) is 8.54. The number of aromatic nitrogens is 4. The van der Waals surface area contributed by atoms with Gasteiger partial charge in [0.2, 0.25) is 0 Å². The largest absolute Gasteiger partial charge is 0.469 e. The van der Waals surface area contributed by atoms with Gasteiger partial charge in [-0.3, -0.25) is 19.1 Å². The summed E-state index contributed by atoms with van der Waals surface area (Å²) in [6, 6.07) is 5.84. The summed E-state index contributed by atoms with van der Waals surface area (Å²) in [4.78, 5) is 27.2. The van der Waals surface area contributed by atoms with Crippen molar-refractivity contribution < 1.29 is 19.1 Å². The van der Waals surface area contributed by atoms with E-state index in [0.29, 0.717) is 36.0 Å². The van der Waals surface area contributed by atoms with E-state index in [-0.39, 0.29) is 18.3 Å². The van der Waals surface area contributed by atoms with Crippen molar-refractivity contribution >= 4 is 40.7 Å². The molecule has 0 amide bonds. The number of benzene rings is 1. The molecule has 0 N–H and O–H groups in total. The number of ether oxygens (including phenoxy) is 2. The fraction of sp³-hybridized carbons (Fsp3) is 0.484. The van der Waals surface area contributed by atoms with Crippen molar-refractivity contribution in [3.63, 3.8) is 0 Å². The number of hydrogen-bond acceptors (Lipinski definition) is 7. The predicted octanol–water partition coefficient (Wildman–Crippen LogP) is 6.00. The lowest BCUT2D eigenvalue weighted by Gasteiger charge is -2.22. The molecule has 42 heavy (non-hydrogen) atoms. The highest BCUT2D eigenvalue weighted by Gasteiger charge is 2.28. The Hall–Kier alpha value is -3.14. The van der Waals surface area contributed by atoms with E-state index in [1.54, 1.807) is 4.68 Å². The molecule has 1 unspecified atom stereocenters. The van der Waals surface area contributed by atoms with Gasteiger partial charge in [-0.25, -0.2) is 4.79 Å². The highest BCUT2D eigenvalue weighted by atomic mass is 35.5. The first kappa shape index (κ1) is 33.4. The molecule has 0 bridgehead atoms. The van der Waals surface area contributed by atoms with Crippen molar-refractivity contribution in [2.75, 3.05) is 21.3 Å². The fourth-order valence-electron chi connectivity index (χ4n) is 5.43. The van der Waals surface area contributed by atoms with Gasteiger partial charge in [-0.15, -0.1) is 11.6 Å². The van der Waals surface area contributed by atoms with Crippen LogP contribution in [0.15, 0.2) is 23.8 Å². The maximum Gasteiger partial charge on any atom is 0.334 e. The van der Waals surface area contributed by atoms with Gasteiger partial charge in [0.1, 0.15) is 0 Å². The highest BCUT2D eigenvalue weighted by Crippen LogP contribution is 2.42. The van der Waals surface area contributed by atoms with Crippen molar-refractivity contribution in [1.82, 2.24) is 24.5 Å². The molecule has 0 spiro atoms. The normalized spacial score (nSPS) is 12.9. The fourth-order valence-corrected chi connectivity index (χ4v) is 5.93. The number of rotatable bonds is 12. The molecule has 0 radical (unpaired) electrons. The van der Waals surface area contributed by atoms with Crippen LogP contribution in [0.4, 0.5) is 0 Å². The van der Waals surface area contributed by atoms with Crippen molar-refractivity contribution in [1.29, 1.82) is 0 Å². The minimum atomic E-state index is -0.440. The number of allylic oxidation sites excluding steroid dienone is 1. The highest BCUT2D eigenvalue weighted by molar-refractivity contribution is 6.34. The van der Waals surface area contributed by atoms with Crippen LogP contribution in [0.5, 0.6) is 0 Å². The first-order chi connectivity index (χ1) is 19.8. The van der Waals surface area contributed by atoms with Gasteiger partial charge in [-0.2, -0.15) is 10.2 Å². The van der Waals surface area contributed by atoms with E-state index in [4.69, 9.17) is 37.8 Å². The Kier molecular flexibility index (Phi) is 11.4. The van der Waals surface area contributed by atoms with E-state index in [0.717, 1.165) is 50.6 Å². The van der Waals surface area contributed by atoms with Crippen LogP contribution < -0.4 is 0 Å². The Bertz CT molecular complexity index is 1490. The molecule has 3 rings (SSSR count). The van der Waals surface area contributed by atoms with Gasteiger partial charge in [0.05, 0.1) is 37.2 Å². The Morgan fingerprint density at radius 1 is 1.05 bits per heavy atom. The van der Waals surface area contributed by atoms with E-state index < -0.39 is 5.97 Å². The van der Waals surface area contributed by atoms with Crippen LogP contribution in [-0.2, 0) is 52.1 Å². The van der Waals surface area contributed by atoms with Gasteiger partial charge in [0, 0.05) is 61.0 Å². The van der Waals surface area contributed by atoms with E-state index >= 15 is 0 Å². The van der Waals surface area contributed by atoms with Gasteiger partial charge in [0.25, 0.3) is 0 Å². The molecule has 0 aliphatic rings. The second-order valence-corrected chi connectivity index (χ2v) is 11.4. The number of carbonyl (C=O) groups excluding carboxylic acids is 2. The number of aryl methyl sites for hydroxylation is 3. The van der Waals surface area contributed by atoms with Gasteiger partial charge in [-0.05, 0) is 69.0 Å². The number of halogens is 2. The lowest BCUT2D eigenvalue weighted by molar-refractivity contribution is -0.141.